The van der Waals surface area contributed by atoms with Crippen molar-refractivity contribution in [2.45, 2.75) is 26.4 Å². The van der Waals surface area contributed by atoms with Gasteiger partial charge >= 0.3 is 0 Å². The lowest BCUT2D eigenvalue weighted by Gasteiger charge is -2.08. The molecule has 2 aromatic carbocycles. The number of nitro groups is 2. The van der Waals surface area contributed by atoms with E-state index in [2.05, 4.69) is 0 Å². The number of nitrogens with zero attached hydrogens (tertiary/aromatic N) is 2. The van der Waals surface area contributed by atoms with Gasteiger partial charge in [0.1, 0.15) is 0 Å². The monoisotopic (exact) mass is 372 g/mol. The van der Waals surface area contributed by atoms with Gasteiger partial charge in [0.05, 0.1) is 6.10 Å². The van der Waals surface area contributed by atoms with Crippen LogP contribution < -0.4 is 0 Å². The molecule has 0 aromatic heterocycles. The second-order valence-corrected chi connectivity index (χ2v) is 6.10. The Kier molecular flexibility index (Phi) is 9.39. The maximum Gasteiger partial charge on any atom is 0.222 e. The molecule has 2 aromatic rings. The minimum absolute atomic E-state index is 0.117. The highest BCUT2D eigenvalue weighted by atomic mass is 16.6. The van der Waals surface area contributed by atoms with Crippen LogP contribution in [0.3, 0.4) is 0 Å². The van der Waals surface area contributed by atoms with Crippen molar-refractivity contribution >= 4 is 6.08 Å². The zero-order chi connectivity index (χ0) is 20.2. The quantitative estimate of drug-likeness (QED) is 0.584. The van der Waals surface area contributed by atoms with Crippen LogP contribution in [0.2, 0.25) is 0 Å². The van der Waals surface area contributed by atoms with E-state index in [9.17, 15) is 25.3 Å². The number of aliphatic hydroxyl groups is 1. The van der Waals surface area contributed by atoms with E-state index in [0.717, 1.165) is 16.7 Å². The molecule has 1 unspecified atom stereocenters. The lowest BCUT2D eigenvalue weighted by Crippen LogP contribution is -2.07. The fourth-order valence-corrected chi connectivity index (χ4v) is 2.14. The summed E-state index contributed by atoms with van der Waals surface area (Å²) in [6, 6.07) is 15.2. The molecule has 0 saturated carbocycles. The van der Waals surface area contributed by atoms with E-state index in [4.69, 9.17) is 0 Å². The third-order valence-corrected chi connectivity index (χ3v) is 3.69. The van der Waals surface area contributed by atoms with Crippen LogP contribution in [-0.4, -0.2) is 28.0 Å². The summed E-state index contributed by atoms with van der Waals surface area (Å²) >= 11 is 0. The second kappa shape index (κ2) is 11.5. The van der Waals surface area contributed by atoms with Crippen molar-refractivity contribution in [3.8, 4) is 0 Å². The molecule has 0 aliphatic rings. The highest BCUT2D eigenvalue weighted by Gasteiger charge is 2.10. The Bertz CT molecular complexity index is 755. The number of aryl methyl sites for hydroxylation is 2. The van der Waals surface area contributed by atoms with Gasteiger partial charge in [-0.05, 0) is 31.1 Å². The van der Waals surface area contributed by atoms with Crippen molar-refractivity contribution in [1.29, 1.82) is 0 Å². The van der Waals surface area contributed by atoms with Crippen LogP contribution in [0.15, 0.2) is 54.6 Å². The Morgan fingerprint density at radius 2 is 1.44 bits per heavy atom. The van der Waals surface area contributed by atoms with Crippen molar-refractivity contribution in [1.82, 2.24) is 0 Å². The molecule has 7 nitrogen and oxygen atoms in total. The highest BCUT2D eigenvalue weighted by Crippen LogP contribution is 2.16. The maximum absolute atomic E-state index is 10.1. The fraction of sp³-hybridized carbons (Fsp3) is 0.300. The minimum Gasteiger partial charge on any atom is -0.388 e. The van der Waals surface area contributed by atoms with E-state index in [-0.39, 0.29) is 24.4 Å². The number of hydrogen-bond donors (Lipinski definition) is 1. The molecule has 144 valence electrons. The molecule has 27 heavy (non-hydrogen) atoms. The normalized spacial score (nSPS) is 11.5. The first-order valence-corrected chi connectivity index (χ1v) is 8.49. The van der Waals surface area contributed by atoms with Crippen LogP contribution in [0.4, 0.5) is 0 Å². The van der Waals surface area contributed by atoms with Gasteiger partial charge in [-0.15, -0.1) is 0 Å². The molecule has 0 spiro atoms. The highest BCUT2D eigenvalue weighted by molar-refractivity contribution is 5.49. The van der Waals surface area contributed by atoms with Crippen molar-refractivity contribution in [2.75, 3.05) is 13.1 Å². The standard InChI is InChI=1S/C10H13NO3.C10H11NO2/c1-8-2-4-9(5-3-8)10(12)6-7-11(13)14;1-9-4-6-10(7-5-9)3-2-8-11(12)13/h2-5,10,12H,6-7H2,1H3;2-7H,8H2,1H3/b;3-2+. The minimum atomic E-state index is -0.735. The molecule has 0 saturated heterocycles. The van der Waals surface area contributed by atoms with E-state index in [1.54, 1.807) is 24.3 Å². The zero-order valence-electron chi connectivity index (χ0n) is 15.4. The van der Waals surface area contributed by atoms with Crippen LogP contribution in [0, 0.1) is 34.1 Å². The summed E-state index contributed by atoms with van der Waals surface area (Å²) in [4.78, 5) is 19.3. The maximum atomic E-state index is 10.1. The number of aliphatic hydroxyl groups excluding tert-OH is 1. The van der Waals surface area contributed by atoms with Crippen molar-refractivity contribution in [3.63, 3.8) is 0 Å². The van der Waals surface area contributed by atoms with E-state index < -0.39 is 11.0 Å². The number of benzene rings is 2. The predicted octanol–water partition coefficient (Wildman–Crippen LogP) is 3.98. The molecule has 0 aliphatic carbocycles. The summed E-state index contributed by atoms with van der Waals surface area (Å²) in [5.41, 5.74) is 4.02. The van der Waals surface area contributed by atoms with Gasteiger partial charge in [-0.3, -0.25) is 20.2 Å². The Morgan fingerprint density at radius 3 is 1.93 bits per heavy atom. The molecule has 2 rings (SSSR count). The Labute approximate surface area is 158 Å². The van der Waals surface area contributed by atoms with Gasteiger partial charge in [0.25, 0.3) is 0 Å². The topological polar surface area (TPSA) is 107 Å². The third kappa shape index (κ3) is 9.86. The predicted molar refractivity (Wildman–Crippen MR) is 105 cm³/mol. The Balaban J connectivity index is 0.000000271. The molecule has 0 bridgehead atoms. The van der Waals surface area contributed by atoms with Gasteiger partial charge < -0.3 is 5.11 Å². The van der Waals surface area contributed by atoms with Crippen LogP contribution >= 0.6 is 0 Å². The summed E-state index contributed by atoms with van der Waals surface area (Å²) in [5.74, 6) is 0. The van der Waals surface area contributed by atoms with Gasteiger partial charge in [0, 0.05) is 16.3 Å². The van der Waals surface area contributed by atoms with E-state index >= 15 is 0 Å². The Morgan fingerprint density at radius 1 is 0.926 bits per heavy atom. The second-order valence-electron chi connectivity index (χ2n) is 6.10. The average molecular weight is 372 g/mol. The Hall–Kier alpha value is -3.06. The summed E-state index contributed by atoms with van der Waals surface area (Å²) < 4.78 is 0. The molecular formula is C20H24N2O5. The van der Waals surface area contributed by atoms with Gasteiger partial charge in [-0.2, -0.15) is 0 Å². The molecule has 0 heterocycles. The fourth-order valence-electron chi connectivity index (χ4n) is 2.14. The molecular weight excluding hydrogens is 348 g/mol. The van der Waals surface area contributed by atoms with E-state index in [1.807, 2.05) is 50.2 Å². The lowest BCUT2D eigenvalue weighted by atomic mass is 10.1. The van der Waals surface area contributed by atoms with E-state index in [0.29, 0.717) is 0 Å². The number of rotatable bonds is 7. The molecule has 1 atom stereocenters. The van der Waals surface area contributed by atoms with Gasteiger partial charge in [0.2, 0.25) is 13.1 Å². The van der Waals surface area contributed by atoms with Crippen molar-refractivity contribution in [2.24, 2.45) is 0 Å². The van der Waals surface area contributed by atoms with Crippen LogP contribution in [0.5, 0.6) is 0 Å². The third-order valence-electron chi connectivity index (χ3n) is 3.69. The van der Waals surface area contributed by atoms with Gasteiger partial charge in [0.15, 0.2) is 0 Å². The summed E-state index contributed by atoms with van der Waals surface area (Å²) in [7, 11) is 0. The summed E-state index contributed by atoms with van der Waals surface area (Å²) in [6.45, 7) is 3.64. The zero-order valence-corrected chi connectivity index (χ0v) is 15.4. The average Bonchev–Trinajstić information content (AvgIpc) is 2.62. The molecule has 0 fully saturated rings. The van der Waals surface area contributed by atoms with Gasteiger partial charge in [-0.25, -0.2) is 0 Å². The molecule has 7 heteroatoms. The first-order chi connectivity index (χ1) is 12.8. The van der Waals surface area contributed by atoms with Crippen LogP contribution in [0.25, 0.3) is 6.08 Å². The van der Waals surface area contributed by atoms with Crippen LogP contribution in [-0.2, 0) is 0 Å². The smallest absolute Gasteiger partial charge is 0.222 e. The molecule has 0 radical (unpaired) electrons. The molecule has 0 amide bonds. The van der Waals surface area contributed by atoms with Crippen molar-refractivity contribution in [3.05, 3.63) is 97.1 Å². The van der Waals surface area contributed by atoms with E-state index in [1.165, 1.54) is 5.56 Å². The number of hydrogen-bond acceptors (Lipinski definition) is 5. The first-order valence-electron chi connectivity index (χ1n) is 8.49. The van der Waals surface area contributed by atoms with Gasteiger partial charge in [-0.1, -0.05) is 65.7 Å². The summed E-state index contributed by atoms with van der Waals surface area (Å²) in [6.07, 6.45) is 2.73. The molecule has 0 aliphatic heterocycles. The summed E-state index contributed by atoms with van der Waals surface area (Å²) in [5, 5.41) is 29.6. The largest absolute Gasteiger partial charge is 0.388 e. The van der Waals surface area contributed by atoms with Crippen LogP contribution in [0.1, 0.15) is 34.8 Å². The first kappa shape index (κ1) is 22.0. The molecule has 1 N–H and O–H groups in total. The SMILES string of the molecule is Cc1ccc(/C=C/C[N+](=O)[O-])cc1.Cc1ccc(C(O)CC[N+](=O)[O-])cc1. The van der Waals surface area contributed by atoms with Crippen molar-refractivity contribution < 1.29 is 15.0 Å². The lowest BCUT2D eigenvalue weighted by molar-refractivity contribution is -0.482.